The Kier molecular flexibility index (Phi) is 6.41. The van der Waals surface area contributed by atoms with Gasteiger partial charge in [0.1, 0.15) is 0 Å². The first kappa shape index (κ1) is 18.5. The van der Waals surface area contributed by atoms with E-state index >= 15 is 0 Å². The fourth-order valence-electron chi connectivity index (χ4n) is 2.90. The highest BCUT2D eigenvalue weighted by Gasteiger charge is 2.29. The van der Waals surface area contributed by atoms with E-state index in [1.54, 1.807) is 0 Å². The zero-order valence-electron chi connectivity index (χ0n) is 14.2. The number of benzene rings is 2. The van der Waals surface area contributed by atoms with Crippen molar-refractivity contribution in [1.82, 2.24) is 10.6 Å². The van der Waals surface area contributed by atoms with Crippen molar-refractivity contribution in [1.29, 1.82) is 0 Å². The average molecular weight is 345 g/mol. The van der Waals surface area contributed by atoms with Crippen LogP contribution >= 0.6 is 12.4 Å². The van der Waals surface area contributed by atoms with Crippen LogP contribution in [0.4, 0.5) is 0 Å². The van der Waals surface area contributed by atoms with Crippen molar-refractivity contribution < 1.29 is 4.79 Å². The van der Waals surface area contributed by atoms with Crippen LogP contribution in [0.5, 0.6) is 0 Å². The minimum absolute atomic E-state index is 0. The lowest BCUT2D eigenvalue weighted by atomic mass is 9.88. The van der Waals surface area contributed by atoms with Crippen LogP contribution in [0.15, 0.2) is 54.6 Å². The van der Waals surface area contributed by atoms with Crippen molar-refractivity contribution in [2.24, 2.45) is 11.8 Å². The van der Waals surface area contributed by atoms with Crippen molar-refractivity contribution in [3.05, 3.63) is 60.2 Å². The Labute approximate surface area is 150 Å². The molecule has 1 amide bonds. The number of hydrogen-bond donors (Lipinski definition) is 2. The largest absolute Gasteiger partial charge is 0.349 e. The molecular formula is C20H25ClN2O. The maximum atomic E-state index is 12.3. The average Bonchev–Trinajstić information content (AvgIpc) is 2.54. The van der Waals surface area contributed by atoms with Crippen LogP contribution in [-0.2, 0) is 4.79 Å². The van der Waals surface area contributed by atoms with Crippen molar-refractivity contribution in [3.63, 3.8) is 0 Å². The summed E-state index contributed by atoms with van der Waals surface area (Å²) in [7, 11) is 0. The third-order valence-corrected chi connectivity index (χ3v) is 4.81. The first-order valence-corrected chi connectivity index (χ1v) is 8.31. The molecule has 2 N–H and O–H groups in total. The van der Waals surface area contributed by atoms with Crippen LogP contribution in [0.1, 0.15) is 25.5 Å². The molecule has 2 aromatic rings. The lowest BCUT2D eigenvalue weighted by Gasteiger charge is -2.32. The van der Waals surface area contributed by atoms with Gasteiger partial charge in [-0.05, 0) is 42.6 Å². The van der Waals surface area contributed by atoms with Crippen molar-refractivity contribution >= 4 is 18.3 Å². The zero-order chi connectivity index (χ0) is 16.2. The summed E-state index contributed by atoms with van der Waals surface area (Å²) in [6.45, 7) is 5.97. The molecular weight excluding hydrogens is 320 g/mol. The van der Waals surface area contributed by atoms with Gasteiger partial charge < -0.3 is 10.6 Å². The van der Waals surface area contributed by atoms with Crippen LogP contribution in [0, 0.1) is 11.8 Å². The summed E-state index contributed by atoms with van der Waals surface area (Å²) >= 11 is 0. The highest BCUT2D eigenvalue weighted by Crippen LogP contribution is 2.23. The van der Waals surface area contributed by atoms with Gasteiger partial charge in [-0.2, -0.15) is 0 Å². The summed E-state index contributed by atoms with van der Waals surface area (Å²) in [5.74, 6) is 0.695. The summed E-state index contributed by atoms with van der Waals surface area (Å²) < 4.78 is 0. The molecule has 0 bridgehead atoms. The molecule has 0 spiro atoms. The van der Waals surface area contributed by atoms with Gasteiger partial charge in [-0.1, -0.05) is 61.5 Å². The van der Waals surface area contributed by atoms with E-state index in [-0.39, 0.29) is 30.3 Å². The number of halogens is 1. The molecule has 1 saturated heterocycles. The first-order valence-electron chi connectivity index (χ1n) is 8.31. The second-order valence-corrected chi connectivity index (χ2v) is 6.43. The van der Waals surface area contributed by atoms with E-state index in [1.165, 1.54) is 11.1 Å². The van der Waals surface area contributed by atoms with E-state index in [1.807, 2.05) is 32.0 Å². The molecule has 2 unspecified atom stereocenters. The molecule has 0 saturated carbocycles. The van der Waals surface area contributed by atoms with Crippen LogP contribution in [0.2, 0.25) is 0 Å². The Morgan fingerprint density at radius 1 is 1.00 bits per heavy atom. The molecule has 2 atom stereocenters. The Hall–Kier alpha value is -1.84. The van der Waals surface area contributed by atoms with Crippen LogP contribution < -0.4 is 10.6 Å². The molecule has 1 heterocycles. The van der Waals surface area contributed by atoms with Crippen molar-refractivity contribution in [3.8, 4) is 11.1 Å². The topological polar surface area (TPSA) is 41.1 Å². The van der Waals surface area contributed by atoms with E-state index in [4.69, 9.17) is 0 Å². The smallest absolute Gasteiger partial charge is 0.223 e. The maximum absolute atomic E-state index is 12.3. The fraction of sp³-hybridized carbons (Fsp3) is 0.350. The molecule has 128 valence electrons. The van der Waals surface area contributed by atoms with E-state index < -0.39 is 0 Å². The normalized spacial score (nSPS) is 16.4. The summed E-state index contributed by atoms with van der Waals surface area (Å²) in [6, 6.07) is 18.8. The fourth-order valence-corrected chi connectivity index (χ4v) is 2.90. The van der Waals surface area contributed by atoms with Crippen molar-refractivity contribution in [2.75, 3.05) is 13.1 Å². The Balaban J connectivity index is 0.00000208. The zero-order valence-corrected chi connectivity index (χ0v) is 15.0. The minimum atomic E-state index is 0. The quantitative estimate of drug-likeness (QED) is 0.866. The van der Waals surface area contributed by atoms with Gasteiger partial charge in [0, 0.05) is 5.92 Å². The molecule has 1 aliphatic rings. The summed E-state index contributed by atoms with van der Waals surface area (Å²) in [4.78, 5) is 12.3. The second-order valence-electron chi connectivity index (χ2n) is 6.43. The van der Waals surface area contributed by atoms with Gasteiger partial charge in [0.25, 0.3) is 0 Å². The van der Waals surface area contributed by atoms with E-state index in [2.05, 4.69) is 47.0 Å². The van der Waals surface area contributed by atoms with Gasteiger partial charge in [-0.3, -0.25) is 4.79 Å². The van der Waals surface area contributed by atoms with Gasteiger partial charge in [0.05, 0.1) is 6.04 Å². The molecule has 24 heavy (non-hydrogen) atoms. The maximum Gasteiger partial charge on any atom is 0.223 e. The number of nitrogens with one attached hydrogen (secondary N) is 2. The Morgan fingerprint density at radius 2 is 1.58 bits per heavy atom. The first-order chi connectivity index (χ1) is 11.1. The molecule has 0 radical (unpaired) electrons. The van der Waals surface area contributed by atoms with Gasteiger partial charge in [0.15, 0.2) is 0 Å². The molecule has 0 aliphatic carbocycles. The predicted octanol–water partition coefficient (Wildman–Crippen LogP) is 3.81. The van der Waals surface area contributed by atoms with Gasteiger partial charge in [-0.25, -0.2) is 0 Å². The molecule has 4 heteroatoms. The minimum Gasteiger partial charge on any atom is -0.349 e. The number of rotatable bonds is 5. The monoisotopic (exact) mass is 344 g/mol. The number of carbonyl (C=O) groups excluding carboxylic acids is 1. The SMILES string of the molecule is CC(NC(=O)C(C)C1CNC1)c1ccc(-c2ccccc2)cc1.Cl. The summed E-state index contributed by atoms with van der Waals surface area (Å²) in [6.07, 6.45) is 0. The lowest BCUT2D eigenvalue weighted by molar-refractivity contribution is -0.127. The second kappa shape index (κ2) is 8.32. The molecule has 1 fully saturated rings. The molecule has 1 aliphatic heterocycles. The third kappa shape index (κ3) is 4.16. The predicted molar refractivity (Wildman–Crippen MR) is 101 cm³/mol. The van der Waals surface area contributed by atoms with Crippen molar-refractivity contribution in [2.45, 2.75) is 19.9 Å². The van der Waals surface area contributed by atoms with E-state index in [0.717, 1.165) is 18.7 Å². The molecule has 2 aromatic carbocycles. The highest BCUT2D eigenvalue weighted by atomic mass is 35.5. The summed E-state index contributed by atoms with van der Waals surface area (Å²) in [5.41, 5.74) is 3.54. The number of carbonyl (C=O) groups is 1. The molecule has 3 rings (SSSR count). The molecule has 3 nitrogen and oxygen atoms in total. The van der Waals surface area contributed by atoms with E-state index in [9.17, 15) is 4.79 Å². The molecule has 0 aromatic heterocycles. The lowest BCUT2D eigenvalue weighted by Crippen LogP contribution is -2.49. The van der Waals surface area contributed by atoms with Gasteiger partial charge >= 0.3 is 0 Å². The Bertz CT molecular complexity index is 653. The summed E-state index contributed by atoms with van der Waals surface area (Å²) in [5, 5.41) is 6.36. The standard InChI is InChI=1S/C20H24N2O.ClH/c1-14(19-12-21-13-19)20(23)22-15(2)16-8-10-18(11-9-16)17-6-4-3-5-7-17;/h3-11,14-15,19,21H,12-13H2,1-2H3,(H,22,23);1H. The van der Waals surface area contributed by atoms with Crippen LogP contribution in [-0.4, -0.2) is 19.0 Å². The Morgan fingerprint density at radius 3 is 2.12 bits per heavy atom. The van der Waals surface area contributed by atoms with Crippen LogP contribution in [0.3, 0.4) is 0 Å². The highest BCUT2D eigenvalue weighted by molar-refractivity contribution is 5.85. The third-order valence-electron chi connectivity index (χ3n) is 4.81. The van der Waals surface area contributed by atoms with E-state index in [0.29, 0.717) is 5.92 Å². The van der Waals surface area contributed by atoms with Gasteiger partial charge in [-0.15, -0.1) is 12.4 Å². The number of amides is 1. The van der Waals surface area contributed by atoms with Crippen LogP contribution in [0.25, 0.3) is 11.1 Å². The van der Waals surface area contributed by atoms with Gasteiger partial charge in [0.2, 0.25) is 5.91 Å². The number of hydrogen-bond acceptors (Lipinski definition) is 2.